The summed E-state index contributed by atoms with van der Waals surface area (Å²) in [6.07, 6.45) is 7.82. The summed E-state index contributed by atoms with van der Waals surface area (Å²) >= 11 is 0. The fourth-order valence-corrected chi connectivity index (χ4v) is 2.40. The van der Waals surface area contributed by atoms with E-state index in [2.05, 4.69) is 20.7 Å². The lowest BCUT2D eigenvalue weighted by Crippen LogP contribution is -2.37. The molecule has 1 aromatic rings. The van der Waals surface area contributed by atoms with Gasteiger partial charge >= 0.3 is 0 Å². The van der Waals surface area contributed by atoms with Crippen molar-refractivity contribution in [1.29, 1.82) is 0 Å². The molecule has 1 heterocycles. The second kappa shape index (κ2) is 5.77. The maximum atomic E-state index is 12.0. The highest BCUT2D eigenvalue weighted by Gasteiger charge is 2.23. The molecule has 1 aromatic heterocycles. The van der Waals surface area contributed by atoms with Crippen LogP contribution in [-0.2, 0) is 0 Å². The van der Waals surface area contributed by atoms with Crippen LogP contribution in [0.25, 0.3) is 0 Å². The first-order valence-electron chi connectivity index (χ1n) is 6.30. The zero-order valence-electron chi connectivity index (χ0n) is 10.5. The van der Waals surface area contributed by atoms with Crippen LogP contribution >= 0.6 is 0 Å². The van der Waals surface area contributed by atoms with Crippen LogP contribution < -0.4 is 16.6 Å². The molecule has 4 N–H and O–H groups in total. The molecule has 0 radical (unpaired) electrons. The van der Waals surface area contributed by atoms with Crippen LogP contribution in [0.15, 0.2) is 12.4 Å². The van der Waals surface area contributed by atoms with Gasteiger partial charge < -0.3 is 10.7 Å². The molecular weight excluding hydrogens is 230 g/mol. The van der Waals surface area contributed by atoms with Gasteiger partial charge in [0, 0.05) is 6.04 Å². The van der Waals surface area contributed by atoms with Crippen LogP contribution in [0.1, 0.15) is 43.1 Å². The molecule has 0 saturated heterocycles. The number of nitrogens with two attached hydrogens (primary N) is 1. The Morgan fingerprint density at radius 1 is 1.44 bits per heavy atom. The van der Waals surface area contributed by atoms with E-state index in [0.717, 1.165) is 0 Å². The van der Waals surface area contributed by atoms with Crippen molar-refractivity contribution >= 4 is 11.7 Å². The summed E-state index contributed by atoms with van der Waals surface area (Å²) in [6.45, 7) is 2.05. The van der Waals surface area contributed by atoms with E-state index in [4.69, 9.17) is 5.84 Å². The number of nitrogens with one attached hydrogen (secondary N) is 2. The molecule has 18 heavy (non-hydrogen) atoms. The fourth-order valence-electron chi connectivity index (χ4n) is 2.40. The highest BCUT2D eigenvalue weighted by atomic mass is 16.1. The van der Waals surface area contributed by atoms with Gasteiger partial charge in [-0.05, 0) is 25.7 Å². The predicted molar refractivity (Wildman–Crippen MR) is 68.7 cm³/mol. The summed E-state index contributed by atoms with van der Waals surface area (Å²) in [5, 5.41) is 2.98. The molecule has 1 saturated carbocycles. The van der Waals surface area contributed by atoms with Gasteiger partial charge in [0.2, 0.25) is 0 Å². The van der Waals surface area contributed by atoms with Gasteiger partial charge in [-0.1, -0.05) is 12.8 Å². The summed E-state index contributed by atoms with van der Waals surface area (Å²) in [7, 11) is 0. The molecule has 0 aromatic carbocycles. The third kappa shape index (κ3) is 2.95. The molecule has 1 aliphatic carbocycles. The van der Waals surface area contributed by atoms with Crippen LogP contribution in [0.4, 0.5) is 5.82 Å². The highest BCUT2D eigenvalue weighted by Crippen LogP contribution is 2.27. The lowest BCUT2D eigenvalue weighted by Gasteiger charge is -2.20. The minimum Gasteiger partial charge on any atom is -0.348 e. The Labute approximate surface area is 106 Å². The van der Waals surface area contributed by atoms with Gasteiger partial charge in [-0.3, -0.25) is 9.78 Å². The Hall–Kier alpha value is -1.69. The molecule has 1 amide bonds. The quantitative estimate of drug-likeness (QED) is 0.548. The Bertz CT molecular complexity index is 417. The highest BCUT2D eigenvalue weighted by molar-refractivity contribution is 5.92. The zero-order chi connectivity index (χ0) is 13.0. The van der Waals surface area contributed by atoms with E-state index < -0.39 is 0 Å². The van der Waals surface area contributed by atoms with E-state index >= 15 is 0 Å². The fraction of sp³-hybridized carbons (Fsp3) is 0.583. The summed E-state index contributed by atoms with van der Waals surface area (Å²) in [5.74, 6) is 6.01. The van der Waals surface area contributed by atoms with Crippen molar-refractivity contribution < 1.29 is 4.79 Å². The minimum atomic E-state index is -0.195. The smallest absolute Gasteiger partial charge is 0.271 e. The molecule has 1 unspecified atom stereocenters. The van der Waals surface area contributed by atoms with Crippen molar-refractivity contribution in [3.05, 3.63) is 18.1 Å². The van der Waals surface area contributed by atoms with E-state index in [9.17, 15) is 4.79 Å². The van der Waals surface area contributed by atoms with E-state index in [-0.39, 0.29) is 17.6 Å². The second-order valence-corrected chi connectivity index (χ2v) is 4.74. The molecule has 2 rings (SSSR count). The van der Waals surface area contributed by atoms with Crippen LogP contribution in [0, 0.1) is 5.92 Å². The van der Waals surface area contributed by atoms with Gasteiger partial charge in [0.15, 0.2) is 5.82 Å². The van der Waals surface area contributed by atoms with Crippen molar-refractivity contribution in [2.24, 2.45) is 11.8 Å². The number of carbonyl (C=O) groups excluding carboxylic acids is 1. The van der Waals surface area contributed by atoms with E-state index in [1.54, 1.807) is 0 Å². The van der Waals surface area contributed by atoms with Gasteiger partial charge in [0.25, 0.3) is 5.91 Å². The first-order valence-corrected chi connectivity index (χ1v) is 6.30. The molecule has 0 bridgehead atoms. The van der Waals surface area contributed by atoms with Crippen molar-refractivity contribution in [3.8, 4) is 0 Å². The van der Waals surface area contributed by atoms with Gasteiger partial charge in [-0.2, -0.15) is 0 Å². The Kier molecular flexibility index (Phi) is 4.09. The van der Waals surface area contributed by atoms with Gasteiger partial charge in [-0.15, -0.1) is 0 Å². The van der Waals surface area contributed by atoms with Crippen molar-refractivity contribution in [1.82, 2.24) is 15.3 Å². The number of nitrogens with zero attached hydrogens (tertiary/aromatic N) is 2. The number of hydrogen-bond acceptors (Lipinski definition) is 5. The van der Waals surface area contributed by atoms with Crippen LogP contribution in [0.5, 0.6) is 0 Å². The van der Waals surface area contributed by atoms with Gasteiger partial charge in [-0.25, -0.2) is 10.8 Å². The molecule has 1 atom stereocenters. The second-order valence-electron chi connectivity index (χ2n) is 4.74. The largest absolute Gasteiger partial charge is 0.348 e. The summed E-state index contributed by atoms with van der Waals surface area (Å²) in [5.41, 5.74) is 2.66. The number of anilines is 1. The molecule has 6 heteroatoms. The maximum absolute atomic E-state index is 12.0. The monoisotopic (exact) mass is 249 g/mol. The van der Waals surface area contributed by atoms with Crippen LogP contribution in [0.2, 0.25) is 0 Å². The van der Waals surface area contributed by atoms with Gasteiger partial charge in [0.05, 0.1) is 12.4 Å². The summed E-state index contributed by atoms with van der Waals surface area (Å²) in [6, 6.07) is 0.177. The average molecular weight is 249 g/mol. The van der Waals surface area contributed by atoms with E-state index in [1.807, 2.05) is 6.92 Å². The first-order chi connectivity index (χ1) is 8.70. The molecular formula is C12H19N5O. The molecule has 6 nitrogen and oxygen atoms in total. The number of amides is 1. The lowest BCUT2D eigenvalue weighted by molar-refractivity contribution is 0.0922. The number of hydrazine groups is 1. The topological polar surface area (TPSA) is 92.9 Å². The Balaban J connectivity index is 1.97. The zero-order valence-corrected chi connectivity index (χ0v) is 10.5. The van der Waals surface area contributed by atoms with Crippen LogP contribution in [0.3, 0.4) is 0 Å². The number of hydrogen-bond donors (Lipinski definition) is 3. The molecule has 1 fully saturated rings. The lowest BCUT2D eigenvalue weighted by atomic mass is 10.00. The number of rotatable bonds is 4. The first kappa shape index (κ1) is 12.8. The minimum absolute atomic E-state index is 0.177. The normalized spacial score (nSPS) is 17.4. The predicted octanol–water partition coefficient (Wildman–Crippen LogP) is 1.07. The van der Waals surface area contributed by atoms with Gasteiger partial charge in [0.1, 0.15) is 5.69 Å². The third-order valence-electron chi connectivity index (χ3n) is 3.48. The molecule has 98 valence electrons. The molecule has 0 aliphatic heterocycles. The summed E-state index contributed by atoms with van der Waals surface area (Å²) in [4.78, 5) is 20.0. The van der Waals surface area contributed by atoms with Crippen molar-refractivity contribution in [3.63, 3.8) is 0 Å². The van der Waals surface area contributed by atoms with Crippen molar-refractivity contribution in [2.45, 2.75) is 38.6 Å². The van der Waals surface area contributed by atoms with Crippen LogP contribution in [-0.4, -0.2) is 21.9 Å². The van der Waals surface area contributed by atoms with E-state index in [1.165, 1.54) is 38.1 Å². The maximum Gasteiger partial charge on any atom is 0.271 e. The van der Waals surface area contributed by atoms with E-state index in [0.29, 0.717) is 11.7 Å². The average Bonchev–Trinajstić information content (AvgIpc) is 2.92. The SMILES string of the molecule is CC(NC(=O)c1cncc(NN)n1)C1CCCC1. The van der Waals surface area contributed by atoms with Crippen molar-refractivity contribution in [2.75, 3.05) is 5.43 Å². The Morgan fingerprint density at radius 3 is 2.83 bits per heavy atom. The summed E-state index contributed by atoms with van der Waals surface area (Å²) < 4.78 is 0. The molecule has 0 spiro atoms. The Morgan fingerprint density at radius 2 is 2.17 bits per heavy atom. The standard InChI is InChI=1S/C12H19N5O/c1-8(9-4-2-3-5-9)15-12(18)10-6-14-7-11(16-10)17-13/h6-9H,2-5,13H2,1H3,(H,15,18)(H,16,17). The molecule has 1 aliphatic rings. The number of aromatic nitrogens is 2. The third-order valence-corrected chi connectivity index (χ3v) is 3.48. The number of carbonyl (C=O) groups is 1. The number of nitrogen functional groups attached to an aromatic ring is 1.